The van der Waals surface area contributed by atoms with Crippen LogP contribution in [-0.2, 0) is 0 Å². The number of aromatic amines is 1. The number of nitrogens with one attached hydrogen (secondary N) is 1. The zero-order valence-corrected chi connectivity index (χ0v) is 12.0. The number of methoxy groups -OCH3 is 1. The number of ether oxygens (including phenoxy) is 2. The van der Waals surface area contributed by atoms with Crippen LogP contribution >= 0.6 is 0 Å². The summed E-state index contributed by atoms with van der Waals surface area (Å²) < 4.78 is 10.8. The Morgan fingerprint density at radius 2 is 2.24 bits per heavy atom. The number of unbranched alkanes of at least 4 members (excludes halogenated alkanes) is 1. The molecule has 1 N–H and O–H groups in total. The van der Waals surface area contributed by atoms with E-state index < -0.39 is 4.92 Å². The Bertz CT molecular complexity index is 611. The Hall–Kier alpha value is -2.57. The molecule has 0 fully saturated rings. The van der Waals surface area contributed by atoms with E-state index in [1.54, 1.807) is 18.5 Å². The average Bonchev–Trinajstić information content (AvgIpc) is 3.01. The van der Waals surface area contributed by atoms with Gasteiger partial charge in [0.05, 0.1) is 18.6 Å². The summed E-state index contributed by atoms with van der Waals surface area (Å²) in [5.41, 5.74) is 0.447. The summed E-state index contributed by atoms with van der Waals surface area (Å²) in [7, 11) is 1.46. The minimum Gasteiger partial charge on any atom is -0.493 e. The van der Waals surface area contributed by atoms with Gasteiger partial charge in [0.25, 0.3) is 0 Å². The highest BCUT2D eigenvalue weighted by atomic mass is 16.6. The Morgan fingerprint density at radius 3 is 2.81 bits per heavy atom. The minimum atomic E-state index is -0.476. The predicted molar refractivity (Wildman–Crippen MR) is 77.6 cm³/mol. The molecule has 112 valence electrons. The third-order valence-electron chi connectivity index (χ3n) is 2.97. The summed E-state index contributed by atoms with van der Waals surface area (Å²) in [6.07, 6.45) is 5.00. The van der Waals surface area contributed by atoms with Gasteiger partial charge in [0.15, 0.2) is 5.75 Å². The van der Waals surface area contributed by atoms with Crippen LogP contribution in [0.25, 0.3) is 11.4 Å². The summed E-state index contributed by atoms with van der Waals surface area (Å²) in [5, 5.41) is 11.3. The number of nitrogens with zero attached hydrogens (tertiary/aromatic N) is 2. The smallest absolute Gasteiger partial charge is 0.315 e. The summed E-state index contributed by atoms with van der Waals surface area (Å²) in [6.45, 7) is 2.43. The molecule has 0 unspecified atom stereocenters. The molecule has 7 heteroatoms. The summed E-state index contributed by atoms with van der Waals surface area (Å²) in [5.74, 6) is 1.02. The number of rotatable bonds is 7. The normalized spacial score (nSPS) is 10.4. The molecule has 0 atom stereocenters. The molecule has 0 amide bonds. The van der Waals surface area contributed by atoms with E-state index in [9.17, 15) is 10.1 Å². The molecule has 1 heterocycles. The molecule has 2 rings (SSSR count). The highest BCUT2D eigenvalue weighted by Crippen LogP contribution is 2.40. The fourth-order valence-corrected chi connectivity index (χ4v) is 1.90. The molecular weight excluding hydrogens is 274 g/mol. The van der Waals surface area contributed by atoms with Crippen molar-refractivity contribution in [3.05, 3.63) is 34.6 Å². The number of nitro benzene ring substituents is 1. The Labute approximate surface area is 122 Å². The van der Waals surface area contributed by atoms with Crippen LogP contribution in [0.4, 0.5) is 5.69 Å². The lowest BCUT2D eigenvalue weighted by molar-refractivity contribution is -0.385. The lowest BCUT2D eigenvalue weighted by atomic mass is 10.1. The molecule has 0 saturated carbocycles. The highest BCUT2D eigenvalue weighted by Gasteiger charge is 2.23. The van der Waals surface area contributed by atoms with Crippen molar-refractivity contribution in [1.82, 2.24) is 9.97 Å². The van der Waals surface area contributed by atoms with Gasteiger partial charge >= 0.3 is 5.69 Å². The fraction of sp³-hybridized carbons (Fsp3) is 0.357. The maximum absolute atomic E-state index is 11.3. The monoisotopic (exact) mass is 291 g/mol. The molecule has 1 aromatic carbocycles. The number of hydrogen-bond donors (Lipinski definition) is 1. The van der Waals surface area contributed by atoms with Crippen LogP contribution in [0.15, 0.2) is 24.5 Å². The van der Waals surface area contributed by atoms with Gasteiger partial charge in [0.1, 0.15) is 5.82 Å². The van der Waals surface area contributed by atoms with Crippen LogP contribution in [0, 0.1) is 10.1 Å². The van der Waals surface area contributed by atoms with Crippen LogP contribution in [0.2, 0.25) is 0 Å². The zero-order valence-electron chi connectivity index (χ0n) is 12.0. The molecule has 0 spiro atoms. The van der Waals surface area contributed by atoms with E-state index in [0.29, 0.717) is 23.7 Å². The van der Waals surface area contributed by atoms with Crippen molar-refractivity contribution in [2.75, 3.05) is 13.7 Å². The summed E-state index contributed by atoms with van der Waals surface area (Å²) in [6, 6.07) is 3.11. The second-order valence-electron chi connectivity index (χ2n) is 4.42. The van der Waals surface area contributed by atoms with Crippen LogP contribution in [-0.4, -0.2) is 28.6 Å². The fourth-order valence-electron chi connectivity index (χ4n) is 1.90. The molecule has 0 aliphatic carbocycles. The Morgan fingerprint density at radius 1 is 1.43 bits per heavy atom. The third kappa shape index (κ3) is 3.31. The van der Waals surface area contributed by atoms with E-state index >= 15 is 0 Å². The second-order valence-corrected chi connectivity index (χ2v) is 4.42. The predicted octanol–water partition coefficient (Wildman–Crippen LogP) is 3.17. The van der Waals surface area contributed by atoms with Crippen LogP contribution < -0.4 is 9.47 Å². The van der Waals surface area contributed by atoms with Crippen molar-refractivity contribution in [2.45, 2.75) is 19.8 Å². The maximum Gasteiger partial charge on any atom is 0.315 e. The first-order valence-corrected chi connectivity index (χ1v) is 6.66. The molecule has 0 radical (unpaired) electrons. The van der Waals surface area contributed by atoms with E-state index in [-0.39, 0.29) is 11.4 Å². The quantitative estimate of drug-likeness (QED) is 0.480. The molecule has 7 nitrogen and oxygen atoms in total. The van der Waals surface area contributed by atoms with E-state index in [1.165, 1.54) is 13.2 Å². The van der Waals surface area contributed by atoms with E-state index in [0.717, 1.165) is 12.8 Å². The average molecular weight is 291 g/mol. The van der Waals surface area contributed by atoms with Gasteiger partial charge in [-0.05, 0) is 12.5 Å². The lowest BCUT2D eigenvalue weighted by Crippen LogP contribution is -2.03. The van der Waals surface area contributed by atoms with Crippen molar-refractivity contribution < 1.29 is 14.4 Å². The van der Waals surface area contributed by atoms with Gasteiger partial charge in [-0.15, -0.1) is 0 Å². The molecule has 0 bridgehead atoms. The minimum absolute atomic E-state index is 0.128. The summed E-state index contributed by atoms with van der Waals surface area (Å²) in [4.78, 5) is 17.8. The third-order valence-corrected chi connectivity index (χ3v) is 2.97. The van der Waals surface area contributed by atoms with Gasteiger partial charge < -0.3 is 14.5 Å². The zero-order chi connectivity index (χ0) is 15.2. The maximum atomic E-state index is 11.3. The number of nitro groups is 1. The Kier molecular flexibility index (Phi) is 4.76. The first kappa shape index (κ1) is 14.8. The Balaban J connectivity index is 2.45. The van der Waals surface area contributed by atoms with Gasteiger partial charge in [-0.25, -0.2) is 4.98 Å². The molecular formula is C14H17N3O4. The second kappa shape index (κ2) is 6.74. The van der Waals surface area contributed by atoms with Gasteiger partial charge in [-0.3, -0.25) is 10.1 Å². The summed E-state index contributed by atoms with van der Waals surface area (Å²) >= 11 is 0. The van der Waals surface area contributed by atoms with Crippen LogP contribution in [0.1, 0.15) is 19.8 Å². The number of hydrogen-bond acceptors (Lipinski definition) is 5. The number of imidazole rings is 1. The van der Waals surface area contributed by atoms with E-state index in [1.807, 2.05) is 6.92 Å². The van der Waals surface area contributed by atoms with Gasteiger partial charge in [0, 0.05) is 24.0 Å². The van der Waals surface area contributed by atoms with Gasteiger partial charge in [-0.2, -0.15) is 0 Å². The first-order chi connectivity index (χ1) is 10.2. The van der Waals surface area contributed by atoms with Crippen molar-refractivity contribution in [3.63, 3.8) is 0 Å². The van der Waals surface area contributed by atoms with Crippen molar-refractivity contribution >= 4 is 5.69 Å². The number of benzene rings is 1. The van der Waals surface area contributed by atoms with E-state index in [4.69, 9.17) is 9.47 Å². The molecule has 0 saturated heterocycles. The van der Waals surface area contributed by atoms with Crippen molar-refractivity contribution in [2.24, 2.45) is 0 Å². The SMILES string of the molecule is CCCCOc1c(OC)cc(-c2ncc[nH]2)cc1[N+](=O)[O-]. The molecule has 0 aliphatic rings. The van der Waals surface area contributed by atoms with Gasteiger partial charge in [0.2, 0.25) is 5.75 Å². The van der Waals surface area contributed by atoms with Crippen molar-refractivity contribution in [1.29, 1.82) is 0 Å². The van der Waals surface area contributed by atoms with Crippen LogP contribution in [0.3, 0.4) is 0 Å². The number of aromatic nitrogens is 2. The number of H-pyrrole nitrogens is 1. The molecule has 1 aromatic heterocycles. The van der Waals surface area contributed by atoms with Crippen molar-refractivity contribution in [3.8, 4) is 22.9 Å². The largest absolute Gasteiger partial charge is 0.493 e. The lowest BCUT2D eigenvalue weighted by Gasteiger charge is -2.12. The molecule has 2 aromatic rings. The molecule has 21 heavy (non-hydrogen) atoms. The standard InChI is InChI=1S/C14H17N3O4/c1-3-4-7-21-13-11(17(18)19)8-10(9-12(13)20-2)14-15-5-6-16-14/h5-6,8-9H,3-4,7H2,1-2H3,(H,15,16). The molecule has 0 aliphatic heterocycles. The first-order valence-electron chi connectivity index (χ1n) is 6.66. The van der Waals surface area contributed by atoms with E-state index in [2.05, 4.69) is 9.97 Å². The van der Waals surface area contributed by atoms with Gasteiger partial charge in [-0.1, -0.05) is 13.3 Å². The topological polar surface area (TPSA) is 90.3 Å². The highest BCUT2D eigenvalue weighted by molar-refractivity contribution is 5.69. The van der Waals surface area contributed by atoms with Crippen LogP contribution in [0.5, 0.6) is 11.5 Å².